The van der Waals surface area contributed by atoms with Gasteiger partial charge >= 0.3 is 6.01 Å². The summed E-state index contributed by atoms with van der Waals surface area (Å²) >= 11 is 0. The largest absolute Gasteiger partial charge is 0.406 e. The Balaban J connectivity index is 1.94. The molecule has 1 heterocycles. The zero-order chi connectivity index (χ0) is 13.0. The summed E-state index contributed by atoms with van der Waals surface area (Å²) in [6, 6.07) is 8.84. The maximum absolute atomic E-state index is 5.49. The van der Waals surface area contributed by atoms with Gasteiger partial charge in [-0.1, -0.05) is 34.9 Å². The highest BCUT2D eigenvalue weighted by atomic mass is 16.4. The molecule has 1 unspecified atom stereocenters. The second kappa shape index (κ2) is 5.64. The predicted octanol–water partition coefficient (Wildman–Crippen LogP) is 2.27. The minimum absolute atomic E-state index is 0.0624. The van der Waals surface area contributed by atoms with E-state index in [2.05, 4.69) is 52.0 Å². The minimum Gasteiger partial charge on any atom is -0.406 e. The van der Waals surface area contributed by atoms with E-state index < -0.39 is 0 Å². The Morgan fingerprint density at radius 1 is 1.22 bits per heavy atom. The molecule has 0 fully saturated rings. The fourth-order valence-electron chi connectivity index (χ4n) is 1.49. The van der Waals surface area contributed by atoms with Gasteiger partial charge in [-0.15, -0.1) is 5.10 Å². The van der Waals surface area contributed by atoms with E-state index in [4.69, 9.17) is 4.42 Å². The van der Waals surface area contributed by atoms with E-state index in [1.807, 2.05) is 14.0 Å². The second-order valence-electron chi connectivity index (χ2n) is 4.29. The van der Waals surface area contributed by atoms with Gasteiger partial charge in [0.05, 0.1) is 6.04 Å². The van der Waals surface area contributed by atoms with Gasteiger partial charge in [0.25, 0.3) is 0 Å². The Kier molecular flexibility index (Phi) is 3.94. The van der Waals surface area contributed by atoms with Crippen molar-refractivity contribution in [3.8, 4) is 0 Å². The highest BCUT2D eigenvalue weighted by Gasteiger charge is 2.11. The normalized spacial score (nSPS) is 12.4. The number of rotatable bonds is 5. The molecule has 1 aromatic heterocycles. The molecule has 0 aliphatic heterocycles. The van der Waals surface area contributed by atoms with Crippen LogP contribution in [0.3, 0.4) is 0 Å². The van der Waals surface area contributed by atoms with Crippen LogP contribution in [0.1, 0.15) is 30.0 Å². The van der Waals surface area contributed by atoms with E-state index in [1.165, 1.54) is 11.1 Å². The molecule has 18 heavy (non-hydrogen) atoms. The Morgan fingerprint density at radius 2 is 1.94 bits per heavy atom. The molecule has 0 aliphatic carbocycles. The SMILES string of the molecule is CNC(C)c1nnc(NCc2ccc(C)cc2)o1. The standard InChI is InChI=1S/C13H18N4O/c1-9-4-6-11(7-5-9)8-15-13-17-16-12(18-13)10(2)14-3/h4-7,10,14H,8H2,1-3H3,(H,15,17). The topological polar surface area (TPSA) is 63.0 Å². The number of benzene rings is 1. The maximum atomic E-state index is 5.49. The van der Waals surface area contributed by atoms with Crippen LogP contribution in [0.25, 0.3) is 0 Å². The summed E-state index contributed by atoms with van der Waals surface area (Å²) in [5.41, 5.74) is 2.43. The van der Waals surface area contributed by atoms with Crippen molar-refractivity contribution < 1.29 is 4.42 Å². The molecular formula is C13H18N4O. The second-order valence-corrected chi connectivity index (χ2v) is 4.29. The highest BCUT2D eigenvalue weighted by molar-refractivity contribution is 5.26. The molecule has 0 aliphatic rings. The van der Waals surface area contributed by atoms with Gasteiger partial charge in [-0.3, -0.25) is 0 Å². The molecule has 0 radical (unpaired) electrons. The average Bonchev–Trinajstić information content (AvgIpc) is 2.86. The highest BCUT2D eigenvalue weighted by Crippen LogP contribution is 2.14. The van der Waals surface area contributed by atoms with Crippen molar-refractivity contribution in [2.24, 2.45) is 0 Å². The van der Waals surface area contributed by atoms with Gasteiger partial charge < -0.3 is 15.1 Å². The number of aryl methyl sites for hydroxylation is 1. The quantitative estimate of drug-likeness (QED) is 0.847. The van der Waals surface area contributed by atoms with Gasteiger partial charge in [0.2, 0.25) is 5.89 Å². The molecule has 1 aromatic carbocycles. The lowest BCUT2D eigenvalue weighted by molar-refractivity contribution is 0.441. The summed E-state index contributed by atoms with van der Waals surface area (Å²) < 4.78 is 5.49. The summed E-state index contributed by atoms with van der Waals surface area (Å²) in [6.45, 7) is 4.72. The Labute approximate surface area is 107 Å². The number of hydrogen-bond donors (Lipinski definition) is 2. The molecule has 96 valence electrons. The number of nitrogens with one attached hydrogen (secondary N) is 2. The van der Waals surface area contributed by atoms with Crippen LogP contribution in [0.5, 0.6) is 0 Å². The molecule has 2 rings (SSSR count). The zero-order valence-corrected chi connectivity index (χ0v) is 10.9. The molecular weight excluding hydrogens is 228 g/mol. The lowest BCUT2D eigenvalue weighted by Crippen LogP contribution is -2.12. The number of hydrogen-bond acceptors (Lipinski definition) is 5. The first-order valence-corrected chi connectivity index (χ1v) is 5.99. The molecule has 2 N–H and O–H groups in total. The fraction of sp³-hybridized carbons (Fsp3) is 0.385. The monoisotopic (exact) mass is 246 g/mol. The van der Waals surface area contributed by atoms with E-state index in [9.17, 15) is 0 Å². The fourth-order valence-corrected chi connectivity index (χ4v) is 1.49. The molecule has 1 atom stereocenters. The van der Waals surface area contributed by atoms with Gasteiger partial charge in [-0.25, -0.2) is 0 Å². The minimum atomic E-state index is 0.0624. The molecule has 0 amide bonds. The number of nitrogens with zero attached hydrogens (tertiary/aromatic N) is 2. The molecule has 0 saturated heterocycles. The Bertz CT molecular complexity index is 492. The molecule has 0 spiro atoms. The van der Waals surface area contributed by atoms with E-state index in [0.29, 0.717) is 18.5 Å². The van der Waals surface area contributed by atoms with Crippen molar-refractivity contribution in [2.45, 2.75) is 26.4 Å². The first-order chi connectivity index (χ1) is 8.69. The van der Waals surface area contributed by atoms with Crippen molar-refractivity contribution >= 4 is 6.01 Å². The molecule has 2 aromatic rings. The molecule has 5 heteroatoms. The van der Waals surface area contributed by atoms with Crippen LogP contribution >= 0.6 is 0 Å². The van der Waals surface area contributed by atoms with Crippen molar-refractivity contribution in [3.63, 3.8) is 0 Å². The summed E-state index contributed by atoms with van der Waals surface area (Å²) in [7, 11) is 1.86. The van der Waals surface area contributed by atoms with Crippen molar-refractivity contribution in [1.82, 2.24) is 15.5 Å². The number of anilines is 1. The van der Waals surface area contributed by atoms with E-state index in [-0.39, 0.29) is 6.04 Å². The third-order valence-corrected chi connectivity index (χ3v) is 2.81. The van der Waals surface area contributed by atoms with Gasteiger partial charge in [-0.05, 0) is 26.5 Å². The third kappa shape index (κ3) is 3.07. The van der Waals surface area contributed by atoms with Crippen LogP contribution in [0.15, 0.2) is 28.7 Å². The summed E-state index contributed by atoms with van der Waals surface area (Å²) in [6.07, 6.45) is 0. The predicted molar refractivity (Wildman–Crippen MR) is 70.3 cm³/mol. The van der Waals surface area contributed by atoms with Crippen LogP contribution in [0.4, 0.5) is 6.01 Å². The lowest BCUT2D eigenvalue weighted by Gasteiger charge is -2.03. The Hall–Kier alpha value is -1.88. The van der Waals surface area contributed by atoms with E-state index in [0.717, 1.165) is 0 Å². The first-order valence-electron chi connectivity index (χ1n) is 5.99. The van der Waals surface area contributed by atoms with Crippen molar-refractivity contribution in [1.29, 1.82) is 0 Å². The van der Waals surface area contributed by atoms with Gasteiger partial charge in [0.15, 0.2) is 0 Å². The third-order valence-electron chi connectivity index (χ3n) is 2.81. The van der Waals surface area contributed by atoms with Crippen LogP contribution in [-0.2, 0) is 6.54 Å². The van der Waals surface area contributed by atoms with Crippen LogP contribution < -0.4 is 10.6 Å². The molecule has 5 nitrogen and oxygen atoms in total. The lowest BCUT2D eigenvalue weighted by atomic mass is 10.1. The van der Waals surface area contributed by atoms with E-state index >= 15 is 0 Å². The molecule has 0 bridgehead atoms. The maximum Gasteiger partial charge on any atom is 0.315 e. The van der Waals surface area contributed by atoms with Crippen LogP contribution in [-0.4, -0.2) is 17.2 Å². The zero-order valence-electron chi connectivity index (χ0n) is 10.9. The van der Waals surface area contributed by atoms with Gasteiger partial charge in [-0.2, -0.15) is 0 Å². The van der Waals surface area contributed by atoms with Crippen LogP contribution in [0.2, 0.25) is 0 Å². The summed E-state index contributed by atoms with van der Waals surface area (Å²) in [4.78, 5) is 0. The van der Waals surface area contributed by atoms with Crippen LogP contribution in [0, 0.1) is 6.92 Å². The van der Waals surface area contributed by atoms with Gasteiger partial charge in [0, 0.05) is 6.54 Å². The van der Waals surface area contributed by atoms with Crippen molar-refractivity contribution in [2.75, 3.05) is 12.4 Å². The van der Waals surface area contributed by atoms with Gasteiger partial charge in [0.1, 0.15) is 0 Å². The molecule has 0 saturated carbocycles. The average molecular weight is 246 g/mol. The first kappa shape index (κ1) is 12.6. The number of aromatic nitrogens is 2. The smallest absolute Gasteiger partial charge is 0.315 e. The van der Waals surface area contributed by atoms with E-state index in [1.54, 1.807) is 0 Å². The Morgan fingerprint density at radius 3 is 2.61 bits per heavy atom. The summed E-state index contributed by atoms with van der Waals surface area (Å²) in [5.74, 6) is 0.587. The van der Waals surface area contributed by atoms with Crippen molar-refractivity contribution in [3.05, 3.63) is 41.3 Å². The summed E-state index contributed by atoms with van der Waals surface area (Å²) in [5, 5.41) is 14.1.